The molecule has 0 unspecified atom stereocenters. The van der Waals surface area contributed by atoms with Crippen LogP contribution >= 0.6 is 0 Å². The Kier molecular flexibility index (Phi) is 29.4. The minimum atomic E-state index is 0. The summed E-state index contributed by atoms with van der Waals surface area (Å²) in [6, 6.07) is 0. The second-order valence-corrected chi connectivity index (χ2v) is 8.21. The van der Waals surface area contributed by atoms with Gasteiger partial charge in [0.15, 0.2) is 0 Å². The van der Waals surface area contributed by atoms with Crippen molar-refractivity contribution in [3.8, 4) is 0 Å². The van der Waals surface area contributed by atoms with Crippen LogP contribution in [0.4, 0.5) is 0 Å². The summed E-state index contributed by atoms with van der Waals surface area (Å²) in [5.41, 5.74) is 5.51. The summed E-state index contributed by atoms with van der Waals surface area (Å²) in [7, 11) is 0. The number of nitrogens with two attached hydrogens (primary N) is 1. The zero-order chi connectivity index (χ0) is 18.3. The number of hydrogen-bond acceptors (Lipinski definition) is 1. The molecule has 4 N–H and O–H groups in total. The lowest BCUT2D eigenvalue weighted by molar-refractivity contribution is 0.519. The summed E-state index contributed by atoms with van der Waals surface area (Å²) in [6.07, 6.45) is 31.8. The lowest BCUT2D eigenvalue weighted by Gasteiger charge is -2.04. The molecule has 2 heteroatoms. The molecule has 0 atom stereocenters. The van der Waals surface area contributed by atoms with Gasteiger partial charge in [0.05, 0.1) is 0 Å². The third-order valence-corrected chi connectivity index (χ3v) is 5.56. The highest BCUT2D eigenvalue weighted by atomic mass is 16.0. The molecule has 0 radical (unpaired) electrons. The van der Waals surface area contributed by atoms with Crippen LogP contribution in [0.25, 0.3) is 0 Å². The van der Waals surface area contributed by atoms with Crippen LogP contribution in [-0.2, 0) is 0 Å². The summed E-state index contributed by atoms with van der Waals surface area (Å²) in [6.45, 7) is 3.17. The monoisotopic (exact) mass is 371 g/mol. The molecule has 160 valence electrons. The van der Waals surface area contributed by atoms with Crippen LogP contribution < -0.4 is 5.73 Å². The first-order valence-corrected chi connectivity index (χ1v) is 12.1. The van der Waals surface area contributed by atoms with Crippen LogP contribution in [0.5, 0.6) is 0 Å². The molecule has 0 rings (SSSR count). The van der Waals surface area contributed by atoms with Gasteiger partial charge in [-0.2, -0.15) is 0 Å². The molecular weight excluding hydrogens is 318 g/mol. The van der Waals surface area contributed by atoms with E-state index in [0.717, 1.165) is 6.54 Å². The van der Waals surface area contributed by atoms with E-state index in [1.807, 2.05) is 0 Å². The Bertz CT molecular complexity index is 198. The van der Waals surface area contributed by atoms with Gasteiger partial charge in [0.2, 0.25) is 0 Å². The third-order valence-electron chi connectivity index (χ3n) is 5.56. The molecule has 0 aromatic rings. The topological polar surface area (TPSA) is 57.5 Å². The smallest absolute Gasteiger partial charge is 0.00773 e. The first-order chi connectivity index (χ1) is 12.4. The molecule has 0 heterocycles. The Hall–Kier alpha value is -0.0800. The first-order valence-electron chi connectivity index (χ1n) is 12.1. The number of rotatable bonds is 22. The molecule has 0 aromatic heterocycles. The second-order valence-electron chi connectivity index (χ2n) is 8.21. The molecule has 0 fully saturated rings. The van der Waals surface area contributed by atoms with Crippen molar-refractivity contribution >= 4 is 0 Å². The fraction of sp³-hybridized carbons (Fsp3) is 1.00. The third kappa shape index (κ3) is 26.2. The lowest BCUT2D eigenvalue weighted by Crippen LogP contribution is -1.97. The molecule has 0 saturated heterocycles. The molecule has 0 aliphatic heterocycles. The first kappa shape index (κ1) is 28.1. The van der Waals surface area contributed by atoms with Crippen LogP contribution in [-0.4, -0.2) is 12.0 Å². The molecule has 26 heavy (non-hydrogen) atoms. The van der Waals surface area contributed by atoms with Crippen molar-refractivity contribution in [3.63, 3.8) is 0 Å². The molecule has 0 aromatic carbocycles. The van der Waals surface area contributed by atoms with Gasteiger partial charge in [-0.3, -0.25) is 0 Å². The van der Waals surface area contributed by atoms with Crippen LogP contribution in [0.15, 0.2) is 0 Å². The van der Waals surface area contributed by atoms with E-state index in [1.165, 1.54) is 141 Å². The second kappa shape index (κ2) is 27.1. The van der Waals surface area contributed by atoms with Gasteiger partial charge in [-0.1, -0.05) is 142 Å². The van der Waals surface area contributed by atoms with Crippen molar-refractivity contribution < 1.29 is 5.48 Å². The maximum absolute atomic E-state index is 5.51. The van der Waals surface area contributed by atoms with Gasteiger partial charge in [-0.15, -0.1) is 0 Å². The van der Waals surface area contributed by atoms with Gasteiger partial charge in [0, 0.05) is 0 Å². The maximum Gasteiger partial charge on any atom is -0.00773 e. The van der Waals surface area contributed by atoms with E-state index in [2.05, 4.69) is 6.92 Å². The van der Waals surface area contributed by atoms with Crippen molar-refractivity contribution in [1.82, 2.24) is 0 Å². The normalized spacial score (nSPS) is 10.8. The molecule has 0 bridgehead atoms. The Morgan fingerprint density at radius 3 is 0.731 bits per heavy atom. The summed E-state index contributed by atoms with van der Waals surface area (Å²) in [4.78, 5) is 0. The molecular formula is C24H53NO. The SMILES string of the molecule is CCCCCCCCCCCCCCCCCCCCCCCCN.O. The van der Waals surface area contributed by atoms with Gasteiger partial charge in [-0.25, -0.2) is 0 Å². The van der Waals surface area contributed by atoms with Crippen LogP contribution in [0, 0.1) is 0 Å². The van der Waals surface area contributed by atoms with Gasteiger partial charge in [0.1, 0.15) is 0 Å². The predicted molar refractivity (Wildman–Crippen MR) is 120 cm³/mol. The Labute approximate surface area is 166 Å². The van der Waals surface area contributed by atoms with Crippen LogP contribution in [0.1, 0.15) is 148 Å². The van der Waals surface area contributed by atoms with Crippen LogP contribution in [0.2, 0.25) is 0 Å². The van der Waals surface area contributed by atoms with E-state index in [0.29, 0.717) is 0 Å². The number of unbranched alkanes of at least 4 members (excludes halogenated alkanes) is 21. The molecule has 2 nitrogen and oxygen atoms in total. The minimum Gasteiger partial charge on any atom is -0.412 e. The Balaban J connectivity index is 0. The summed E-state index contributed by atoms with van der Waals surface area (Å²) in [5, 5.41) is 0. The summed E-state index contributed by atoms with van der Waals surface area (Å²) in [5.74, 6) is 0. The quantitative estimate of drug-likeness (QED) is 0.194. The van der Waals surface area contributed by atoms with Crippen molar-refractivity contribution in [3.05, 3.63) is 0 Å². The van der Waals surface area contributed by atoms with Crippen molar-refractivity contribution in [2.45, 2.75) is 148 Å². The van der Waals surface area contributed by atoms with Gasteiger partial charge in [-0.05, 0) is 13.0 Å². The maximum atomic E-state index is 5.51. The van der Waals surface area contributed by atoms with E-state index in [4.69, 9.17) is 5.73 Å². The lowest BCUT2D eigenvalue weighted by atomic mass is 10.0. The zero-order valence-electron chi connectivity index (χ0n) is 18.3. The van der Waals surface area contributed by atoms with E-state index in [9.17, 15) is 0 Å². The van der Waals surface area contributed by atoms with Crippen molar-refractivity contribution in [2.24, 2.45) is 5.73 Å². The molecule has 0 spiro atoms. The van der Waals surface area contributed by atoms with E-state index in [1.54, 1.807) is 0 Å². The van der Waals surface area contributed by atoms with E-state index >= 15 is 0 Å². The largest absolute Gasteiger partial charge is 0.412 e. The highest BCUT2D eigenvalue weighted by molar-refractivity contribution is 4.51. The fourth-order valence-electron chi connectivity index (χ4n) is 3.75. The van der Waals surface area contributed by atoms with E-state index in [-0.39, 0.29) is 5.48 Å². The van der Waals surface area contributed by atoms with Crippen molar-refractivity contribution in [1.29, 1.82) is 0 Å². The van der Waals surface area contributed by atoms with Gasteiger partial charge < -0.3 is 11.2 Å². The zero-order valence-corrected chi connectivity index (χ0v) is 18.3. The highest BCUT2D eigenvalue weighted by Crippen LogP contribution is 2.15. The predicted octanol–water partition coefficient (Wildman–Crippen LogP) is 7.72. The minimum absolute atomic E-state index is 0. The standard InChI is InChI=1S/C24H51N.H2O/c1-2-3-4-5-6-7-8-9-10-11-12-13-14-15-16-17-18-19-20-21-22-23-24-25;/h2-25H2,1H3;1H2. The Morgan fingerprint density at radius 2 is 0.538 bits per heavy atom. The highest BCUT2D eigenvalue weighted by Gasteiger charge is 1.95. The molecule has 0 amide bonds. The summed E-state index contributed by atoms with van der Waals surface area (Å²) >= 11 is 0. The van der Waals surface area contributed by atoms with Gasteiger partial charge >= 0.3 is 0 Å². The molecule has 0 aliphatic carbocycles. The van der Waals surface area contributed by atoms with Gasteiger partial charge in [0.25, 0.3) is 0 Å². The Morgan fingerprint density at radius 1 is 0.346 bits per heavy atom. The molecule has 0 saturated carbocycles. The average Bonchev–Trinajstić information content (AvgIpc) is 2.63. The fourth-order valence-corrected chi connectivity index (χ4v) is 3.75. The number of hydrogen-bond donors (Lipinski definition) is 1. The van der Waals surface area contributed by atoms with E-state index < -0.39 is 0 Å². The summed E-state index contributed by atoms with van der Waals surface area (Å²) < 4.78 is 0. The molecule has 0 aliphatic rings. The van der Waals surface area contributed by atoms with Crippen molar-refractivity contribution in [2.75, 3.05) is 6.54 Å². The van der Waals surface area contributed by atoms with Crippen LogP contribution in [0.3, 0.4) is 0 Å². The average molecular weight is 372 g/mol.